The van der Waals surface area contributed by atoms with Gasteiger partial charge in [-0.3, -0.25) is 4.57 Å². The number of ether oxygens (including phenoxy) is 1. The number of hydrogen-bond acceptors (Lipinski definition) is 8. The summed E-state index contributed by atoms with van der Waals surface area (Å²) in [6.45, 7) is 1.43. The molecular weight excluding hydrogens is 376 g/mol. The minimum Gasteiger partial charge on any atom is -0.387 e. The van der Waals surface area contributed by atoms with E-state index in [1.807, 2.05) is 0 Å². The molecule has 0 saturated carbocycles. The molecule has 1 aromatic rings. The lowest BCUT2D eigenvalue weighted by atomic mass is 10.1. The average molecular weight is 390 g/mol. The number of halogens is 2. The first-order valence-corrected chi connectivity index (χ1v) is 10.6. The lowest BCUT2D eigenvalue weighted by Gasteiger charge is -2.18. The molecule has 2 heterocycles. The Labute approximate surface area is 140 Å². The minimum atomic E-state index is -2.97. The molecular formula is C10H14Cl2N3O5PS. The molecule has 4 atom stereocenters. The molecule has 0 aromatic carbocycles. The van der Waals surface area contributed by atoms with Crippen LogP contribution >= 0.6 is 27.5 Å². The van der Waals surface area contributed by atoms with Crippen molar-refractivity contribution in [1.82, 2.24) is 9.55 Å². The first-order valence-electron chi connectivity index (χ1n) is 6.11. The van der Waals surface area contributed by atoms with Gasteiger partial charge in [-0.05, 0) is 41.2 Å². The number of aryl methyl sites for hydroxylation is 1. The van der Waals surface area contributed by atoms with E-state index in [-0.39, 0.29) is 12.4 Å². The SMILES string of the molecule is Cc1cn([C@@H]2O[C@H](COP(=S)(Cl)Cl)C(O)[C@@H]2O)c(=O)nc1N. The van der Waals surface area contributed by atoms with Crippen molar-refractivity contribution >= 4 is 45.1 Å². The number of anilines is 1. The summed E-state index contributed by atoms with van der Waals surface area (Å²) in [7, 11) is 0. The molecule has 1 saturated heterocycles. The number of aromatic nitrogens is 2. The highest BCUT2D eigenvalue weighted by atomic mass is 35.9. The second kappa shape index (κ2) is 6.70. The lowest BCUT2D eigenvalue weighted by Crippen LogP contribution is -2.36. The first-order chi connectivity index (χ1) is 10.1. The van der Waals surface area contributed by atoms with Crippen molar-refractivity contribution in [2.24, 2.45) is 0 Å². The summed E-state index contributed by atoms with van der Waals surface area (Å²) in [5.74, 6) is 0.0825. The molecule has 12 heteroatoms. The molecule has 0 radical (unpaired) electrons. The number of nitrogens with two attached hydrogens (primary N) is 1. The Bertz CT molecular complexity index is 668. The molecule has 124 valence electrons. The second-order valence-corrected chi connectivity index (χ2v) is 12.0. The van der Waals surface area contributed by atoms with E-state index in [9.17, 15) is 15.0 Å². The van der Waals surface area contributed by atoms with Crippen molar-refractivity contribution in [2.75, 3.05) is 12.3 Å². The van der Waals surface area contributed by atoms with Gasteiger partial charge in [-0.1, -0.05) is 0 Å². The number of rotatable bonds is 4. The number of nitrogen functional groups attached to an aromatic ring is 1. The van der Waals surface area contributed by atoms with E-state index in [0.29, 0.717) is 5.56 Å². The van der Waals surface area contributed by atoms with Crippen molar-refractivity contribution in [2.45, 2.75) is 31.5 Å². The Morgan fingerprint density at radius 2 is 2.18 bits per heavy atom. The topological polar surface area (TPSA) is 120 Å². The average Bonchev–Trinajstić information content (AvgIpc) is 2.68. The summed E-state index contributed by atoms with van der Waals surface area (Å²) in [4.78, 5) is 12.5. The van der Waals surface area contributed by atoms with Crippen LogP contribution in [0.25, 0.3) is 0 Å². The smallest absolute Gasteiger partial charge is 0.351 e. The maximum Gasteiger partial charge on any atom is 0.351 e. The van der Waals surface area contributed by atoms with Gasteiger partial charge in [-0.2, -0.15) is 4.98 Å². The van der Waals surface area contributed by atoms with Crippen LogP contribution in [0.5, 0.6) is 0 Å². The van der Waals surface area contributed by atoms with E-state index in [1.54, 1.807) is 6.92 Å². The first kappa shape index (κ1) is 18.1. The van der Waals surface area contributed by atoms with Crippen LogP contribution in [-0.4, -0.2) is 44.7 Å². The zero-order valence-corrected chi connectivity index (χ0v) is 14.5. The van der Waals surface area contributed by atoms with E-state index in [0.717, 1.165) is 4.57 Å². The fraction of sp³-hybridized carbons (Fsp3) is 0.600. The van der Waals surface area contributed by atoms with Crippen LogP contribution < -0.4 is 11.4 Å². The Morgan fingerprint density at radius 1 is 1.55 bits per heavy atom. The number of nitrogens with zero attached hydrogens (tertiary/aromatic N) is 2. The molecule has 1 aliphatic rings. The molecule has 1 fully saturated rings. The highest BCUT2D eigenvalue weighted by molar-refractivity contribution is 8.36. The predicted octanol–water partition coefficient (Wildman–Crippen LogP) is 0.472. The highest BCUT2D eigenvalue weighted by Gasteiger charge is 2.44. The maximum absolute atomic E-state index is 11.9. The van der Waals surface area contributed by atoms with Crippen LogP contribution in [0.1, 0.15) is 11.8 Å². The van der Waals surface area contributed by atoms with Crippen molar-refractivity contribution in [3.05, 3.63) is 22.2 Å². The molecule has 1 aromatic heterocycles. The molecule has 8 nitrogen and oxygen atoms in total. The van der Waals surface area contributed by atoms with Crippen LogP contribution in [0.15, 0.2) is 11.0 Å². The Morgan fingerprint density at radius 3 is 2.77 bits per heavy atom. The number of aliphatic hydroxyl groups is 2. The fourth-order valence-electron chi connectivity index (χ4n) is 2.02. The van der Waals surface area contributed by atoms with Crippen LogP contribution in [0.2, 0.25) is 0 Å². The quantitative estimate of drug-likeness (QED) is 0.635. The van der Waals surface area contributed by atoms with E-state index in [4.69, 9.17) is 49.3 Å². The van der Waals surface area contributed by atoms with E-state index in [1.165, 1.54) is 6.20 Å². The largest absolute Gasteiger partial charge is 0.387 e. The molecule has 4 N–H and O–H groups in total. The minimum absolute atomic E-state index is 0.0825. The summed E-state index contributed by atoms with van der Waals surface area (Å²) in [6.07, 6.45) is -3.35. The van der Waals surface area contributed by atoms with Crippen LogP contribution in [0, 0.1) is 6.92 Å². The predicted molar refractivity (Wildman–Crippen MR) is 85.5 cm³/mol. The summed E-state index contributed by atoms with van der Waals surface area (Å²) >= 11 is 15.9. The van der Waals surface area contributed by atoms with Crippen molar-refractivity contribution < 1.29 is 19.5 Å². The summed E-state index contributed by atoms with van der Waals surface area (Å²) in [5, 5.41) is 20.0. The van der Waals surface area contributed by atoms with Crippen molar-refractivity contribution in [3.63, 3.8) is 0 Å². The standard InChI is InChI=1S/C10H14Cl2N3O5PS/c1-4-2-15(10(18)14-8(4)13)9-7(17)6(16)5(20-9)3-19-21(11,12)22/h2,5-7,9,16-17H,3H2,1H3,(H2,13,14,18)/t5-,6?,7+,9-/m1/s1. The van der Waals surface area contributed by atoms with Crippen LogP contribution in [0.4, 0.5) is 5.82 Å². The maximum atomic E-state index is 11.9. The monoisotopic (exact) mass is 389 g/mol. The summed E-state index contributed by atoms with van der Waals surface area (Å²) < 4.78 is 11.5. The van der Waals surface area contributed by atoms with Gasteiger partial charge in [0.05, 0.1) is 6.61 Å². The molecule has 22 heavy (non-hydrogen) atoms. The Kier molecular flexibility index (Phi) is 5.51. The van der Waals surface area contributed by atoms with Crippen molar-refractivity contribution in [1.29, 1.82) is 0 Å². The van der Waals surface area contributed by atoms with Crippen LogP contribution in [0.3, 0.4) is 0 Å². The molecule has 1 unspecified atom stereocenters. The fourth-order valence-corrected chi connectivity index (χ4v) is 2.86. The summed E-state index contributed by atoms with van der Waals surface area (Å²) in [6, 6.07) is 0. The normalized spacial score (nSPS) is 29.0. The van der Waals surface area contributed by atoms with Gasteiger partial charge in [0, 0.05) is 11.8 Å². The lowest BCUT2D eigenvalue weighted by molar-refractivity contribution is -0.0501. The zero-order chi connectivity index (χ0) is 16.7. The number of hydrogen-bond donors (Lipinski definition) is 3. The molecule has 0 spiro atoms. The van der Waals surface area contributed by atoms with Gasteiger partial charge in [-0.15, -0.1) is 0 Å². The molecule has 2 rings (SSSR count). The molecule has 0 amide bonds. The van der Waals surface area contributed by atoms with Gasteiger partial charge in [0.2, 0.25) is 4.97 Å². The van der Waals surface area contributed by atoms with Gasteiger partial charge in [0.15, 0.2) is 6.23 Å². The molecule has 0 aliphatic carbocycles. The van der Waals surface area contributed by atoms with Crippen LogP contribution in [-0.2, 0) is 21.1 Å². The van der Waals surface area contributed by atoms with E-state index >= 15 is 0 Å². The highest BCUT2D eigenvalue weighted by Crippen LogP contribution is 2.58. The van der Waals surface area contributed by atoms with Gasteiger partial charge in [-0.25, -0.2) is 4.79 Å². The van der Waals surface area contributed by atoms with Gasteiger partial charge < -0.3 is 25.2 Å². The van der Waals surface area contributed by atoms with E-state index < -0.39 is 35.2 Å². The zero-order valence-electron chi connectivity index (χ0n) is 11.3. The van der Waals surface area contributed by atoms with Gasteiger partial charge in [0.1, 0.15) is 24.1 Å². The van der Waals surface area contributed by atoms with E-state index in [2.05, 4.69) is 4.98 Å². The summed E-state index contributed by atoms with van der Waals surface area (Å²) in [5.41, 5.74) is 5.36. The van der Waals surface area contributed by atoms with Gasteiger partial charge in [0.25, 0.3) is 0 Å². The van der Waals surface area contributed by atoms with Crippen molar-refractivity contribution in [3.8, 4) is 0 Å². The third-order valence-corrected chi connectivity index (χ3v) is 4.53. The number of aliphatic hydroxyl groups excluding tert-OH is 2. The molecule has 0 bridgehead atoms. The van der Waals surface area contributed by atoms with Gasteiger partial charge >= 0.3 is 5.69 Å². The second-order valence-electron chi connectivity index (χ2n) is 4.76. The molecule has 1 aliphatic heterocycles. The third-order valence-electron chi connectivity index (χ3n) is 3.17. The third kappa shape index (κ3) is 3.98. The Hall–Kier alpha value is -0.250. The Balaban J connectivity index is 2.22.